The van der Waals surface area contributed by atoms with Gasteiger partial charge in [-0.1, -0.05) is 17.8 Å². The summed E-state index contributed by atoms with van der Waals surface area (Å²) in [5.41, 5.74) is 1.13. The molecule has 0 aliphatic rings. The third-order valence-corrected chi connectivity index (χ3v) is 2.54. The molecule has 1 aromatic rings. The second-order valence-corrected chi connectivity index (χ2v) is 3.84. The summed E-state index contributed by atoms with van der Waals surface area (Å²) in [4.78, 5) is 4.18. The van der Waals surface area contributed by atoms with Crippen molar-refractivity contribution in [2.45, 2.75) is 24.1 Å². The van der Waals surface area contributed by atoms with Crippen LogP contribution in [0.15, 0.2) is 23.4 Å². The average molecular weight is 178 g/mol. The van der Waals surface area contributed by atoms with Crippen LogP contribution in [0.1, 0.15) is 12.5 Å². The van der Waals surface area contributed by atoms with Gasteiger partial charge in [0.25, 0.3) is 0 Å². The second kappa shape index (κ2) is 4.13. The van der Waals surface area contributed by atoms with Crippen LogP contribution in [0.4, 0.5) is 0 Å². The van der Waals surface area contributed by atoms with Gasteiger partial charge in [-0.2, -0.15) is 5.26 Å². The van der Waals surface area contributed by atoms with E-state index in [1.165, 1.54) is 11.8 Å². The lowest BCUT2D eigenvalue weighted by Crippen LogP contribution is -1.93. The van der Waals surface area contributed by atoms with Crippen LogP contribution in [0.25, 0.3) is 0 Å². The van der Waals surface area contributed by atoms with Gasteiger partial charge in [0, 0.05) is 6.20 Å². The minimum Gasteiger partial charge on any atom is -0.250 e. The Labute approximate surface area is 76.6 Å². The van der Waals surface area contributed by atoms with E-state index >= 15 is 0 Å². The van der Waals surface area contributed by atoms with Crippen LogP contribution in [0.3, 0.4) is 0 Å². The van der Waals surface area contributed by atoms with Crippen LogP contribution in [0, 0.1) is 18.3 Å². The third kappa shape index (κ3) is 2.24. The molecule has 62 valence electrons. The number of hydrogen-bond acceptors (Lipinski definition) is 3. The van der Waals surface area contributed by atoms with E-state index in [1.54, 1.807) is 6.20 Å². The predicted molar refractivity (Wildman–Crippen MR) is 49.9 cm³/mol. The predicted octanol–water partition coefficient (Wildman–Crippen LogP) is 2.39. The largest absolute Gasteiger partial charge is 0.250 e. The van der Waals surface area contributed by atoms with E-state index in [4.69, 9.17) is 5.26 Å². The molecule has 0 aromatic carbocycles. The van der Waals surface area contributed by atoms with Gasteiger partial charge >= 0.3 is 0 Å². The number of nitriles is 1. The van der Waals surface area contributed by atoms with E-state index in [0.717, 1.165) is 10.6 Å². The van der Waals surface area contributed by atoms with Crippen LogP contribution in [-0.4, -0.2) is 10.2 Å². The molecule has 2 nitrogen and oxygen atoms in total. The smallest absolute Gasteiger partial charge is 0.100 e. The molecule has 1 heterocycles. The monoisotopic (exact) mass is 178 g/mol. The highest BCUT2D eigenvalue weighted by Gasteiger charge is 2.04. The van der Waals surface area contributed by atoms with Gasteiger partial charge in [-0.3, -0.25) is 0 Å². The maximum Gasteiger partial charge on any atom is 0.100 e. The average Bonchev–Trinajstić information content (AvgIpc) is 2.09. The van der Waals surface area contributed by atoms with Crippen molar-refractivity contribution in [1.82, 2.24) is 4.98 Å². The Hall–Kier alpha value is -1.01. The van der Waals surface area contributed by atoms with E-state index < -0.39 is 0 Å². The summed E-state index contributed by atoms with van der Waals surface area (Å²) in [5.74, 6) is 0. The van der Waals surface area contributed by atoms with Crippen LogP contribution < -0.4 is 0 Å². The first kappa shape index (κ1) is 9.08. The van der Waals surface area contributed by atoms with Gasteiger partial charge in [0.05, 0.1) is 11.3 Å². The summed E-state index contributed by atoms with van der Waals surface area (Å²) in [5, 5.41) is 9.51. The topological polar surface area (TPSA) is 36.7 Å². The first-order valence-electron chi connectivity index (χ1n) is 3.72. The lowest BCUT2D eigenvalue weighted by molar-refractivity contribution is 1.07. The molecule has 0 fully saturated rings. The van der Waals surface area contributed by atoms with Crippen molar-refractivity contribution in [3.8, 4) is 6.07 Å². The first-order chi connectivity index (χ1) is 5.74. The first-order valence-corrected chi connectivity index (χ1v) is 4.60. The fraction of sp³-hybridized carbons (Fsp3) is 0.333. The van der Waals surface area contributed by atoms with Crippen molar-refractivity contribution in [3.63, 3.8) is 0 Å². The standard InChI is InChI=1S/C9H10N2S/c1-7-4-3-5-11-9(7)12-8(2)6-10/h3-5,8H,1-2H3. The van der Waals surface area contributed by atoms with E-state index in [9.17, 15) is 0 Å². The molecule has 0 saturated carbocycles. The Morgan fingerprint density at radius 3 is 3.00 bits per heavy atom. The SMILES string of the molecule is Cc1cccnc1SC(C)C#N. The number of hydrogen-bond donors (Lipinski definition) is 0. The highest BCUT2D eigenvalue weighted by atomic mass is 32.2. The van der Waals surface area contributed by atoms with Crippen molar-refractivity contribution in [3.05, 3.63) is 23.9 Å². The third-order valence-electron chi connectivity index (χ3n) is 1.43. The number of thioether (sulfide) groups is 1. The molecule has 0 aliphatic carbocycles. The van der Waals surface area contributed by atoms with Gasteiger partial charge in [0.1, 0.15) is 5.03 Å². The molecule has 0 bridgehead atoms. The van der Waals surface area contributed by atoms with Crippen LogP contribution in [0.5, 0.6) is 0 Å². The highest BCUT2D eigenvalue weighted by Crippen LogP contribution is 2.22. The van der Waals surface area contributed by atoms with Gasteiger partial charge in [0.15, 0.2) is 0 Å². The molecule has 0 saturated heterocycles. The molecular weight excluding hydrogens is 168 g/mol. The molecule has 0 aliphatic heterocycles. The molecule has 1 rings (SSSR count). The summed E-state index contributed by atoms with van der Waals surface area (Å²) < 4.78 is 0. The summed E-state index contributed by atoms with van der Waals surface area (Å²) in [6.07, 6.45) is 1.75. The van der Waals surface area contributed by atoms with E-state index in [-0.39, 0.29) is 5.25 Å². The number of rotatable bonds is 2. The molecule has 0 N–H and O–H groups in total. The zero-order valence-electron chi connectivity index (χ0n) is 7.11. The Balaban J connectivity index is 2.77. The van der Waals surface area contributed by atoms with Gasteiger partial charge in [-0.25, -0.2) is 4.98 Å². The molecule has 0 spiro atoms. The van der Waals surface area contributed by atoms with E-state index in [0.29, 0.717) is 0 Å². The van der Waals surface area contributed by atoms with Crippen molar-refractivity contribution in [2.24, 2.45) is 0 Å². The molecule has 0 radical (unpaired) electrons. The second-order valence-electron chi connectivity index (χ2n) is 2.51. The number of pyridine rings is 1. The number of nitrogens with zero attached hydrogens (tertiary/aromatic N) is 2. The lowest BCUT2D eigenvalue weighted by Gasteiger charge is -2.03. The fourth-order valence-electron chi connectivity index (χ4n) is 0.788. The van der Waals surface area contributed by atoms with Crippen LogP contribution in [-0.2, 0) is 0 Å². The molecule has 1 atom stereocenters. The summed E-state index contributed by atoms with van der Waals surface area (Å²) >= 11 is 1.50. The minimum atomic E-state index is -0.0291. The van der Waals surface area contributed by atoms with Gasteiger partial charge in [-0.15, -0.1) is 0 Å². The maximum absolute atomic E-state index is 8.59. The number of aromatic nitrogens is 1. The Bertz CT molecular complexity index is 304. The Kier molecular flexibility index (Phi) is 3.12. The molecule has 1 unspecified atom stereocenters. The summed E-state index contributed by atoms with van der Waals surface area (Å²) in [6.45, 7) is 3.87. The molecule has 1 aromatic heterocycles. The normalized spacial score (nSPS) is 12.1. The zero-order valence-corrected chi connectivity index (χ0v) is 7.93. The van der Waals surface area contributed by atoms with Gasteiger partial charge in [-0.05, 0) is 25.5 Å². The maximum atomic E-state index is 8.59. The van der Waals surface area contributed by atoms with Crippen LogP contribution in [0.2, 0.25) is 0 Å². The quantitative estimate of drug-likeness (QED) is 0.652. The van der Waals surface area contributed by atoms with Crippen molar-refractivity contribution < 1.29 is 0 Å². The van der Waals surface area contributed by atoms with Crippen LogP contribution >= 0.6 is 11.8 Å². The zero-order chi connectivity index (χ0) is 8.97. The molecule has 0 amide bonds. The molecular formula is C9H10N2S. The summed E-state index contributed by atoms with van der Waals surface area (Å²) in [6, 6.07) is 6.06. The number of aryl methyl sites for hydroxylation is 1. The molecule has 3 heteroatoms. The summed E-state index contributed by atoms with van der Waals surface area (Å²) in [7, 11) is 0. The molecule has 12 heavy (non-hydrogen) atoms. The van der Waals surface area contributed by atoms with E-state index in [2.05, 4.69) is 11.1 Å². The van der Waals surface area contributed by atoms with Gasteiger partial charge < -0.3 is 0 Å². The minimum absolute atomic E-state index is 0.0291. The van der Waals surface area contributed by atoms with E-state index in [1.807, 2.05) is 26.0 Å². The van der Waals surface area contributed by atoms with Gasteiger partial charge in [0.2, 0.25) is 0 Å². The van der Waals surface area contributed by atoms with Crippen molar-refractivity contribution >= 4 is 11.8 Å². The Morgan fingerprint density at radius 2 is 2.42 bits per heavy atom. The fourth-order valence-corrected chi connectivity index (χ4v) is 1.55. The Morgan fingerprint density at radius 1 is 1.67 bits per heavy atom. The van der Waals surface area contributed by atoms with Crippen molar-refractivity contribution in [2.75, 3.05) is 0 Å². The van der Waals surface area contributed by atoms with Crippen molar-refractivity contribution in [1.29, 1.82) is 5.26 Å². The highest BCUT2D eigenvalue weighted by molar-refractivity contribution is 8.00. The lowest BCUT2D eigenvalue weighted by atomic mass is 10.3.